The number of fused-ring (bicyclic) bond motifs is 4. The Hall–Kier alpha value is -2.51. The zero-order chi connectivity index (χ0) is 19.8. The van der Waals surface area contributed by atoms with Gasteiger partial charge in [0.2, 0.25) is 5.13 Å². The molecule has 5 rings (SSSR count). The number of hydrogen-bond acceptors (Lipinski definition) is 6. The lowest BCUT2D eigenvalue weighted by molar-refractivity contribution is 0.276. The molecule has 0 spiro atoms. The number of pyridine rings is 1. The third-order valence-electron chi connectivity index (χ3n) is 6.04. The van der Waals surface area contributed by atoms with Gasteiger partial charge in [-0.3, -0.25) is 9.69 Å². The minimum Gasteiger partial charge on any atom is -0.346 e. The molecule has 3 aromatic rings. The molecular formula is C22H25N5OS. The Bertz CT molecular complexity index is 1030. The van der Waals surface area contributed by atoms with Crippen LogP contribution in [-0.2, 0) is 19.6 Å². The first kappa shape index (κ1) is 18.5. The SMILES string of the molecule is CN(Cc1ccccc1)Cc1ccc2n(c1=O)C[C@H]1C[C@@H]2CN(c2nncs2)C1. The Kier molecular flexibility index (Phi) is 4.93. The predicted molar refractivity (Wildman–Crippen MR) is 115 cm³/mol. The maximum Gasteiger partial charge on any atom is 0.255 e. The Morgan fingerprint density at radius 2 is 1.97 bits per heavy atom. The Morgan fingerprint density at radius 1 is 1.10 bits per heavy atom. The summed E-state index contributed by atoms with van der Waals surface area (Å²) in [6.07, 6.45) is 1.15. The molecule has 2 atom stereocenters. The maximum absolute atomic E-state index is 13.2. The van der Waals surface area contributed by atoms with Gasteiger partial charge in [0.15, 0.2) is 0 Å². The molecule has 29 heavy (non-hydrogen) atoms. The highest BCUT2D eigenvalue weighted by Gasteiger charge is 2.35. The van der Waals surface area contributed by atoms with E-state index in [1.807, 2.05) is 16.7 Å². The van der Waals surface area contributed by atoms with Gasteiger partial charge in [-0.05, 0) is 31.0 Å². The largest absolute Gasteiger partial charge is 0.346 e. The van der Waals surface area contributed by atoms with Gasteiger partial charge in [0.1, 0.15) is 5.51 Å². The average molecular weight is 408 g/mol. The zero-order valence-corrected chi connectivity index (χ0v) is 17.4. The second-order valence-corrected chi connectivity index (χ2v) is 9.09. The van der Waals surface area contributed by atoms with Gasteiger partial charge in [-0.2, -0.15) is 0 Å². The van der Waals surface area contributed by atoms with Crippen LogP contribution in [0.25, 0.3) is 0 Å². The number of benzene rings is 1. The highest BCUT2D eigenvalue weighted by molar-refractivity contribution is 7.13. The van der Waals surface area contributed by atoms with Crippen LogP contribution in [0.3, 0.4) is 0 Å². The summed E-state index contributed by atoms with van der Waals surface area (Å²) >= 11 is 1.59. The number of aromatic nitrogens is 3. The van der Waals surface area contributed by atoms with E-state index < -0.39 is 0 Å². The lowest BCUT2D eigenvalue weighted by atomic mass is 9.83. The first-order valence-corrected chi connectivity index (χ1v) is 11.0. The first-order chi connectivity index (χ1) is 14.2. The van der Waals surface area contributed by atoms with E-state index in [0.717, 1.165) is 43.3 Å². The fourth-order valence-corrected chi connectivity index (χ4v) is 5.40. The van der Waals surface area contributed by atoms with Crippen molar-refractivity contribution in [2.45, 2.75) is 32.0 Å². The van der Waals surface area contributed by atoms with Gasteiger partial charge in [-0.25, -0.2) is 0 Å². The Morgan fingerprint density at radius 3 is 2.76 bits per heavy atom. The Labute approximate surface area is 174 Å². The third kappa shape index (κ3) is 3.72. The molecule has 4 heterocycles. The van der Waals surface area contributed by atoms with Crippen LogP contribution in [0.15, 0.2) is 52.8 Å². The van der Waals surface area contributed by atoms with Crippen LogP contribution in [-0.4, -0.2) is 39.8 Å². The normalized spacial score (nSPS) is 20.7. The Balaban J connectivity index is 1.35. The van der Waals surface area contributed by atoms with E-state index >= 15 is 0 Å². The molecule has 0 unspecified atom stereocenters. The van der Waals surface area contributed by atoms with Crippen molar-refractivity contribution in [3.05, 3.63) is 75.1 Å². The van der Waals surface area contributed by atoms with Crippen LogP contribution in [0.5, 0.6) is 0 Å². The molecule has 2 aliphatic heterocycles. The number of hydrogen-bond donors (Lipinski definition) is 0. The van der Waals surface area contributed by atoms with E-state index in [4.69, 9.17) is 0 Å². The second-order valence-electron chi connectivity index (χ2n) is 8.28. The standard InChI is InChI=1S/C22H25N5OS/c1-25(10-16-5-3-2-4-6-16)13-18-7-8-20-19-9-17(12-27(20)21(18)28)11-26(14-19)22-24-23-15-29-22/h2-8,15,17,19H,9-14H2,1H3/t17-,19+/m0/s1. The van der Waals surface area contributed by atoms with Gasteiger partial charge >= 0.3 is 0 Å². The van der Waals surface area contributed by atoms with Crippen molar-refractivity contribution in [1.29, 1.82) is 0 Å². The quantitative estimate of drug-likeness (QED) is 0.651. The van der Waals surface area contributed by atoms with E-state index in [9.17, 15) is 4.79 Å². The summed E-state index contributed by atoms with van der Waals surface area (Å²) in [5.41, 5.74) is 5.29. The highest BCUT2D eigenvalue weighted by atomic mass is 32.1. The molecule has 0 amide bonds. The fourth-order valence-electron chi connectivity index (χ4n) is 4.81. The predicted octanol–water partition coefficient (Wildman–Crippen LogP) is 2.96. The third-order valence-corrected chi connectivity index (χ3v) is 6.79. The van der Waals surface area contributed by atoms with Gasteiger partial charge in [-0.1, -0.05) is 47.7 Å². The fraction of sp³-hybridized carbons (Fsp3) is 0.409. The zero-order valence-electron chi connectivity index (χ0n) is 16.6. The second kappa shape index (κ2) is 7.72. The van der Waals surface area contributed by atoms with Crippen molar-refractivity contribution in [3.63, 3.8) is 0 Å². The first-order valence-electron chi connectivity index (χ1n) is 10.1. The van der Waals surface area contributed by atoms with Gasteiger partial charge in [-0.15, -0.1) is 10.2 Å². The van der Waals surface area contributed by atoms with Crippen LogP contribution in [0.1, 0.15) is 29.2 Å². The van der Waals surface area contributed by atoms with E-state index in [0.29, 0.717) is 18.4 Å². The van der Waals surface area contributed by atoms with Crippen molar-refractivity contribution in [2.24, 2.45) is 5.92 Å². The van der Waals surface area contributed by atoms with E-state index in [1.54, 1.807) is 16.8 Å². The summed E-state index contributed by atoms with van der Waals surface area (Å²) in [7, 11) is 2.07. The highest BCUT2D eigenvalue weighted by Crippen LogP contribution is 2.37. The summed E-state index contributed by atoms with van der Waals surface area (Å²) in [5, 5.41) is 9.22. The smallest absolute Gasteiger partial charge is 0.255 e. The number of rotatable bonds is 5. The van der Waals surface area contributed by atoms with Crippen molar-refractivity contribution in [3.8, 4) is 0 Å². The summed E-state index contributed by atoms with van der Waals surface area (Å²) in [6, 6.07) is 14.6. The van der Waals surface area contributed by atoms with Crippen LogP contribution in [0.2, 0.25) is 0 Å². The van der Waals surface area contributed by atoms with Gasteiger partial charge in [0, 0.05) is 49.9 Å². The molecule has 2 aromatic heterocycles. The number of piperidine rings is 1. The van der Waals surface area contributed by atoms with Gasteiger partial charge in [0.25, 0.3) is 5.56 Å². The molecule has 0 radical (unpaired) electrons. The lowest BCUT2D eigenvalue weighted by Crippen LogP contribution is -2.47. The van der Waals surface area contributed by atoms with Crippen molar-refractivity contribution in [1.82, 2.24) is 19.7 Å². The van der Waals surface area contributed by atoms with E-state index in [1.165, 1.54) is 11.3 Å². The van der Waals surface area contributed by atoms with Crippen molar-refractivity contribution < 1.29 is 0 Å². The lowest BCUT2D eigenvalue weighted by Gasteiger charge is -2.42. The molecule has 1 fully saturated rings. The monoisotopic (exact) mass is 407 g/mol. The molecule has 6 nitrogen and oxygen atoms in total. The average Bonchev–Trinajstić information content (AvgIpc) is 3.26. The van der Waals surface area contributed by atoms with Crippen LogP contribution in [0.4, 0.5) is 5.13 Å². The number of anilines is 1. The summed E-state index contributed by atoms with van der Waals surface area (Å²) in [4.78, 5) is 17.8. The molecule has 0 N–H and O–H groups in total. The topological polar surface area (TPSA) is 54.3 Å². The van der Waals surface area contributed by atoms with E-state index in [2.05, 4.69) is 57.4 Å². The maximum atomic E-state index is 13.2. The molecule has 1 saturated heterocycles. The molecule has 1 aromatic carbocycles. The van der Waals surface area contributed by atoms with Gasteiger partial charge in [0.05, 0.1) is 0 Å². The molecule has 0 saturated carbocycles. The summed E-state index contributed by atoms with van der Waals surface area (Å²) in [5.74, 6) is 0.871. The molecule has 2 bridgehead atoms. The minimum atomic E-state index is 0.182. The van der Waals surface area contributed by atoms with Crippen molar-refractivity contribution >= 4 is 16.5 Å². The summed E-state index contributed by atoms with van der Waals surface area (Å²) in [6.45, 7) is 4.18. The van der Waals surface area contributed by atoms with Crippen molar-refractivity contribution in [2.75, 3.05) is 25.0 Å². The van der Waals surface area contributed by atoms with Crippen LogP contribution < -0.4 is 10.5 Å². The van der Waals surface area contributed by atoms with E-state index in [-0.39, 0.29) is 5.56 Å². The number of nitrogens with zero attached hydrogens (tertiary/aromatic N) is 5. The minimum absolute atomic E-state index is 0.182. The molecule has 7 heteroatoms. The summed E-state index contributed by atoms with van der Waals surface area (Å²) < 4.78 is 2.04. The molecule has 2 aliphatic rings. The van der Waals surface area contributed by atoms with Gasteiger partial charge < -0.3 is 9.47 Å². The molecule has 150 valence electrons. The molecule has 0 aliphatic carbocycles. The molecular weight excluding hydrogens is 382 g/mol. The van der Waals surface area contributed by atoms with Crippen LogP contribution in [0, 0.1) is 5.92 Å². The van der Waals surface area contributed by atoms with Crippen LogP contribution >= 0.6 is 11.3 Å².